The Morgan fingerprint density at radius 3 is 2.64 bits per heavy atom. The van der Waals surface area contributed by atoms with E-state index in [-0.39, 0.29) is 6.03 Å². The van der Waals surface area contributed by atoms with Gasteiger partial charge in [-0.1, -0.05) is 23.2 Å². The van der Waals surface area contributed by atoms with E-state index in [1.165, 1.54) is 6.42 Å². The first-order valence-corrected chi connectivity index (χ1v) is 9.44. The summed E-state index contributed by atoms with van der Waals surface area (Å²) in [6.07, 6.45) is 4.20. The number of benzene rings is 1. The summed E-state index contributed by atoms with van der Waals surface area (Å²) in [5, 5.41) is 8.74. The van der Waals surface area contributed by atoms with Crippen LogP contribution in [0.5, 0.6) is 0 Å². The Morgan fingerprint density at radius 2 is 1.88 bits per heavy atom. The van der Waals surface area contributed by atoms with Crippen molar-refractivity contribution in [3.05, 3.63) is 39.5 Å². The number of likely N-dealkylation sites (tertiary alicyclic amines) is 1. The number of piperidine rings is 1. The minimum absolute atomic E-state index is 0.139. The van der Waals surface area contributed by atoms with E-state index in [4.69, 9.17) is 23.2 Å². The molecule has 1 aromatic carbocycles. The first-order chi connectivity index (χ1) is 12.1. The molecule has 1 aromatic heterocycles. The molecule has 2 aromatic rings. The summed E-state index contributed by atoms with van der Waals surface area (Å²) >= 11 is 12.4. The van der Waals surface area contributed by atoms with Crippen molar-refractivity contribution in [2.75, 3.05) is 19.6 Å². The van der Waals surface area contributed by atoms with Crippen LogP contribution in [-0.2, 0) is 13.0 Å². The number of carbonyl (C=O) groups is 1. The van der Waals surface area contributed by atoms with Crippen LogP contribution in [0.2, 0.25) is 10.0 Å². The molecular weight excluding hydrogens is 359 g/mol. The van der Waals surface area contributed by atoms with E-state index < -0.39 is 0 Å². The first-order valence-electron chi connectivity index (χ1n) is 8.69. The monoisotopic (exact) mass is 378 g/mol. The molecule has 0 atom stereocenters. The number of hydrogen-bond acceptors (Lipinski definition) is 2. The predicted molar refractivity (Wildman–Crippen MR) is 99.0 cm³/mol. The zero-order chi connectivity index (χ0) is 17.4. The maximum absolute atomic E-state index is 12.8. The molecule has 0 aliphatic carbocycles. The van der Waals surface area contributed by atoms with Crippen LogP contribution in [0.3, 0.4) is 0 Å². The van der Waals surface area contributed by atoms with E-state index in [0.717, 1.165) is 61.4 Å². The van der Waals surface area contributed by atoms with Gasteiger partial charge in [0.1, 0.15) is 0 Å². The minimum Gasteiger partial charge on any atom is -0.325 e. The van der Waals surface area contributed by atoms with Gasteiger partial charge in [0.15, 0.2) is 0 Å². The summed E-state index contributed by atoms with van der Waals surface area (Å²) in [4.78, 5) is 16.7. The van der Waals surface area contributed by atoms with Crippen LogP contribution < -0.4 is 0 Å². The molecule has 1 N–H and O–H groups in total. The molecule has 4 rings (SSSR count). The molecule has 25 heavy (non-hydrogen) atoms. The van der Waals surface area contributed by atoms with Gasteiger partial charge in [-0.25, -0.2) is 4.79 Å². The van der Waals surface area contributed by atoms with E-state index in [9.17, 15) is 4.79 Å². The van der Waals surface area contributed by atoms with Crippen LogP contribution in [0.1, 0.15) is 30.5 Å². The fourth-order valence-electron chi connectivity index (χ4n) is 3.65. The van der Waals surface area contributed by atoms with Crippen LogP contribution in [0.4, 0.5) is 4.79 Å². The summed E-state index contributed by atoms with van der Waals surface area (Å²) in [6, 6.07) is 5.55. The van der Waals surface area contributed by atoms with E-state index >= 15 is 0 Å². The van der Waals surface area contributed by atoms with Crippen molar-refractivity contribution in [3.63, 3.8) is 0 Å². The van der Waals surface area contributed by atoms with Gasteiger partial charge in [0.05, 0.1) is 17.3 Å². The van der Waals surface area contributed by atoms with Crippen LogP contribution in [0.25, 0.3) is 11.3 Å². The van der Waals surface area contributed by atoms with Gasteiger partial charge in [-0.3, -0.25) is 5.10 Å². The molecule has 1 fully saturated rings. The van der Waals surface area contributed by atoms with Gasteiger partial charge >= 0.3 is 6.03 Å². The Kier molecular flexibility index (Phi) is 4.61. The van der Waals surface area contributed by atoms with Crippen LogP contribution in [0.15, 0.2) is 18.2 Å². The van der Waals surface area contributed by atoms with Gasteiger partial charge in [-0.05, 0) is 37.5 Å². The molecule has 2 aliphatic heterocycles. The number of H-pyrrole nitrogens is 1. The van der Waals surface area contributed by atoms with Gasteiger partial charge in [0.2, 0.25) is 0 Å². The second-order valence-electron chi connectivity index (χ2n) is 6.66. The Labute approximate surface area is 156 Å². The van der Waals surface area contributed by atoms with E-state index in [1.807, 2.05) is 21.9 Å². The summed E-state index contributed by atoms with van der Waals surface area (Å²) in [5.74, 6) is 0. The lowest BCUT2D eigenvalue weighted by atomic mass is 10.0. The zero-order valence-electron chi connectivity index (χ0n) is 13.9. The van der Waals surface area contributed by atoms with Crippen LogP contribution in [0, 0.1) is 0 Å². The molecule has 7 heteroatoms. The third kappa shape index (κ3) is 3.23. The first kappa shape index (κ1) is 16.7. The van der Waals surface area contributed by atoms with Gasteiger partial charge in [-0.2, -0.15) is 5.10 Å². The number of nitrogens with one attached hydrogen (secondary N) is 1. The number of carbonyl (C=O) groups excluding carboxylic acids is 1. The van der Waals surface area contributed by atoms with Crippen LogP contribution >= 0.6 is 23.2 Å². The summed E-state index contributed by atoms with van der Waals surface area (Å²) < 4.78 is 0. The van der Waals surface area contributed by atoms with E-state index in [1.54, 1.807) is 6.07 Å². The highest BCUT2D eigenvalue weighted by molar-refractivity contribution is 6.36. The Balaban J connectivity index is 1.60. The van der Waals surface area contributed by atoms with Crippen molar-refractivity contribution in [2.24, 2.45) is 0 Å². The topological polar surface area (TPSA) is 52.2 Å². The lowest BCUT2D eigenvalue weighted by molar-refractivity contribution is 0.138. The second-order valence-corrected chi connectivity index (χ2v) is 7.50. The third-order valence-corrected chi connectivity index (χ3v) is 5.56. The molecule has 1 saturated heterocycles. The van der Waals surface area contributed by atoms with Crippen molar-refractivity contribution in [1.29, 1.82) is 0 Å². The number of halogens is 2. The summed E-state index contributed by atoms with van der Waals surface area (Å²) in [7, 11) is 0. The molecule has 2 aliphatic rings. The number of aromatic amines is 1. The number of urea groups is 1. The zero-order valence-corrected chi connectivity index (χ0v) is 15.4. The standard InChI is InChI=1S/C18H20Cl2N4O/c19-12-4-5-13(15(20)10-12)17-14-11-24(9-6-16(14)21-22-17)18(25)23-7-2-1-3-8-23/h4-5,10H,1-3,6-9,11H2,(H,21,22). The third-order valence-electron chi connectivity index (χ3n) is 5.02. The van der Waals surface area contributed by atoms with Gasteiger partial charge in [0.25, 0.3) is 0 Å². The molecule has 0 unspecified atom stereocenters. The lowest BCUT2D eigenvalue weighted by Gasteiger charge is -2.35. The number of rotatable bonds is 1. The van der Waals surface area contributed by atoms with E-state index in [2.05, 4.69) is 10.2 Å². The molecule has 3 heterocycles. The number of hydrogen-bond donors (Lipinski definition) is 1. The summed E-state index contributed by atoms with van der Waals surface area (Å²) in [6.45, 7) is 3.01. The van der Waals surface area contributed by atoms with Crippen molar-refractivity contribution in [2.45, 2.75) is 32.2 Å². The number of fused-ring (bicyclic) bond motifs is 1. The Bertz CT molecular complexity index is 798. The van der Waals surface area contributed by atoms with Crippen molar-refractivity contribution in [1.82, 2.24) is 20.0 Å². The minimum atomic E-state index is 0.139. The Hall–Kier alpha value is -1.72. The molecule has 5 nitrogen and oxygen atoms in total. The van der Waals surface area contributed by atoms with Gasteiger partial charge < -0.3 is 9.80 Å². The van der Waals surface area contributed by atoms with Crippen molar-refractivity contribution < 1.29 is 4.79 Å². The fraction of sp³-hybridized carbons (Fsp3) is 0.444. The molecular formula is C18H20Cl2N4O. The van der Waals surface area contributed by atoms with E-state index in [0.29, 0.717) is 16.6 Å². The molecule has 2 amide bonds. The Morgan fingerprint density at radius 1 is 1.08 bits per heavy atom. The molecule has 0 spiro atoms. The normalized spacial score (nSPS) is 17.5. The quantitative estimate of drug-likeness (QED) is 0.801. The fourth-order valence-corrected chi connectivity index (χ4v) is 4.15. The molecule has 0 radical (unpaired) electrons. The van der Waals surface area contributed by atoms with Gasteiger partial charge in [-0.15, -0.1) is 0 Å². The van der Waals surface area contributed by atoms with Gasteiger partial charge in [0, 0.05) is 47.9 Å². The lowest BCUT2D eigenvalue weighted by Crippen LogP contribution is -2.47. The maximum Gasteiger partial charge on any atom is 0.320 e. The molecule has 0 saturated carbocycles. The van der Waals surface area contributed by atoms with Crippen LogP contribution in [-0.4, -0.2) is 45.7 Å². The SMILES string of the molecule is O=C(N1CCCCC1)N1CCc2[nH]nc(-c3ccc(Cl)cc3Cl)c2C1. The largest absolute Gasteiger partial charge is 0.325 e. The maximum atomic E-state index is 12.8. The molecule has 132 valence electrons. The number of nitrogens with zero attached hydrogens (tertiary/aromatic N) is 3. The second kappa shape index (κ2) is 6.89. The average Bonchev–Trinajstić information content (AvgIpc) is 3.05. The highest BCUT2D eigenvalue weighted by Crippen LogP contribution is 2.34. The average molecular weight is 379 g/mol. The highest BCUT2D eigenvalue weighted by Gasteiger charge is 2.29. The smallest absolute Gasteiger partial charge is 0.320 e. The highest BCUT2D eigenvalue weighted by atomic mass is 35.5. The van der Waals surface area contributed by atoms with Crippen molar-refractivity contribution in [3.8, 4) is 11.3 Å². The number of amides is 2. The summed E-state index contributed by atoms with van der Waals surface area (Å²) in [5.41, 5.74) is 3.80. The predicted octanol–water partition coefficient (Wildman–Crippen LogP) is 4.35. The number of aromatic nitrogens is 2. The molecule has 0 bridgehead atoms. The van der Waals surface area contributed by atoms with Crippen molar-refractivity contribution >= 4 is 29.2 Å².